The van der Waals surface area contributed by atoms with Gasteiger partial charge < -0.3 is 34.1 Å². The first-order valence-corrected chi connectivity index (χ1v) is 21.5. The summed E-state index contributed by atoms with van der Waals surface area (Å²) >= 11 is 3.18. The molecule has 0 bridgehead atoms. The highest BCUT2D eigenvalue weighted by Crippen LogP contribution is 2.35. The molecule has 4 aromatic carbocycles. The number of anilines is 2. The molecule has 0 radical (unpaired) electrons. The van der Waals surface area contributed by atoms with Crippen molar-refractivity contribution in [1.29, 1.82) is 0 Å². The normalized spacial score (nSPS) is 15.2. The molecular weight excluding hydrogens is 791 g/mol. The molecule has 7 rings (SSSR count). The first-order valence-electron chi connectivity index (χ1n) is 19.8. The first-order chi connectivity index (χ1) is 28.4. The number of halogens is 1. The Morgan fingerprint density at radius 1 is 0.898 bits per heavy atom. The molecule has 314 valence electrons. The summed E-state index contributed by atoms with van der Waals surface area (Å²) in [5.74, 6) is 1.41. The third-order valence-electron chi connectivity index (χ3n) is 9.30. The number of carbonyl (C=O) groups is 1. The van der Waals surface area contributed by atoms with Gasteiger partial charge in [-0.15, -0.1) is 22.7 Å². The number of fused-ring (bicyclic) bond motifs is 2. The van der Waals surface area contributed by atoms with E-state index in [1.54, 1.807) is 35.8 Å². The predicted molar refractivity (Wildman–Crippen MR) is 236 cm³/mol. The van der Waals surface area contributed by atoms with Gasteiger partial charge in [0.15, 0.2) is 6.29 Å². The van der Waals surface area contributed by atoms with Crippen LogP contribution in [0.2, 0.25) is 0 Å². The van der Waals surface area contributed by atoms with Crippen LogP contribution in [0.25, 0.3) is 41.6 Å². The first kappa shape index (κ1) is 43.7. The molecule has 2 N–H and O–H groups in total. The summed E-state index contributed by atoms with van der Waals surface area (Å²) in [6.45, 7) is 8.06. The summed E-state index contributed by atoms with van der Waals surface area (Å²) in [6, 6.07) is 27.3. The maximum absolute atomic E-state index is 12.3. The van der Waals surface area contributed by atoms with Gasteiger partial charge in [0, 0.05) is 43.2 Å². The number of carbonyl (C=O) groups excluding carboxylic acids is 1. The van der Waals surface area contributed by atoms with Gasteiger partial charge in [0.2, 0.25) is 0 Å². The van der Waals surface area contributed by atoms with Gasteiger partial charge in [0.25, 0.3) is 0 Å². The highest BCUT2D eigenvalue weighted by atomic mass is 32.1. The summed E-state index contributed by atoms with van der Waals surface area (Å²) in [6.07, 6.45) is 2.48. The zero-order valence-electron chi connectivity index (χ0n) is 34.4. The number of aliphatic hydroxyl groups excluding tert-OH is 1. The van der Waals surface area contributed by atoms with Crippen molar-refractivity contribution in [3.05, 3.63) is 84.9 Å². The van der Waals surface area contributed by atoms with Gasteiger partial charge in [-0.1, -0.05) is 6.92 Å². The molecule has 1 unspecified atom stereocenters. The lowest BCUT2D eigenvalue weighted by atomic mass is 10.2. The van der Waals surface area contributed by atoms with Gasteiger partial charge in [-0.05, 0) is 131 Å². The van der Waals surface area contributed by atoms with Crippen LogP contribution in [0.5, 0.6) is 11.5 Å². The molecule has 1 fully saturated rings. The molecule has 14 heteroatoms. The Morgan fingerprint density at radius 2 is 1.47 bits per heavy atom. The van der Waals surface area contributed by atoms with Crippen LogP contribution in [-0.4, -0.2) is 85.9 Å². The van der Waals surface area contributed by atoms with Crippen molar-refractivity contribution in [2.75, 3.05) is 50.8 Å². The van der Waals surface area contributed by atoms with Crippen molar-refractivity contribution < 1.29 is 38.0 Å². The second-order valence-corrected chi connectivity index (χ2v) is 17.2. The van der Waals surface area contributed by atoms with Gasteiger partial charge in [-0.3, -0.25) is 4.90 Å². The highest BCUT2D eigenvalue weighted by Gasteiger charge is 2.22. The van der Waals surface area contributed by atoms with Crippen molar-refractivity contribution in [1.82, 2.24) is 9.97 Å². The molecule has 1 saturated heterocycles. The fraction of sp³-hybridized carbons (Fsp3) is 0.400. The molecule has 59 heavy (non-hydrogen) atoms. The lowest BCUT2D eigenvalue weighted by Crippen LogP contribution is -2.34. The minimum atomic E-state index is -1.09. The number of ether oxygens (including phenoxy) is 5. The third kappa shape index (κ3) is 12.3. The molecule has 6 aromatic rings. The van der Waals surface area contributed by atoms with Crippen molar-refractivity contribution in [2.24, 2.45) is 0 Å². The quantitative estimate of drug-likeness (QED) is 0.109. The summed E-state index contributed by atoms with van der Waals surface area (Å²) < 4.78 is 43.0. The van der Waals surface area contributed by atoms with Crippen LogP contribution in [0, 0.1) is 0 Å². The molecule has 3 atom stereocenters. The maximum Gasteiger partial charge on any atom is 0.414 e. The van der Waals surface area contributed by atoms with E-state index in [4.69, 9.17) is 28.7 Å². The number of amides is 1. The topological polar surface area (TPSA) is 125 Å². The average molecular weight is 844 g/mol. The molecule has 1 aliphatic heterocycles. The maximum atomic E-state index is 12.3. The number of aliphatic hydroxyl groups is 1. The second-order valence-electron chi connectivity index (χ2n) is 15.1. The summed E-state index contributed by atoms with van der Waals surface area (Å²) in [5, 5.41) is 14.1. The number of benzene rings is 4. The van der Waals surface area contributed by atoms with Crippen molar-refractivity contribution in [3.63, 3.8) is 0 Å². The van der Waals surface area contributed by atoms with Crippen molar-refractivity contribution in [2.45, 2.75) is 77.5 Å². The Bertz CT molecular complexity index is 2250. The van der Waals surface area contributed by atoms with Crippen LogP contribution < -0.4 is 19.7 Å². The van der Waals surface area contributed by atoms with Crippen molar-refractivity contribution >= 4 is 60.6 Å². The zero-order chi connectivity index (χ0) is 41.9. The van der Waals surface area contributed by atoms with Crippen LogP contribution in [0.3, 0.4) is 0 Å². The minimum Gasteiger partial charge on any atom is -0.491 e. The molecule has 11 nitrogen and oxygen atoms in total. The van der Waals surface area contributed by atoms with Gasteiger partial charge >= 0.3 is 6.09 Å². The van der Waals surface area contributed by atoms with Gasteiger partial charge in [0.1, 0.15) is 53.1 Å². The number of thiazole rings is 2. The lowest BCUT2D eigenvalue weighted by Gasteiger charge is -2.27. The standard InChI is InChI=1S/C28H36N2O5S.C17H17FN2O2S/c1-6-21(34-25-9-7-8-16-32-25)18-33-22-14-15-23-24(17-22)36-26(29-23)19-10-12-20(13-11-19)30(5)27(31)35-28(2,3)4;1-19-12-4-2-11(3-5-12)17-20-15-7-6-14(8-16(15)23-17)22-10-13(21)9-18/h10-15,17,21,25H,6-9,16,18H2,1-5H3;2-8,13,19,21H,9-10H2,1H3/t21-,25?;13-/m11/s1/i;18-1. The molecule has 0 spiro atoms. The minimum absolute atomic E-state index is 0.00172. The van der Waals surface area contributed by atoms with E-state index in [0.29, 0.717) is 12.4 Å². The molecule has 0 aliphatic carbocycles. The predicted octanol–water partition coefficient (Wildman–Crippen LogP) is 10.7. The molecule has 0 saturated carbocycles. The highest BCUT2D eigenvalue weighted by molar-refractivity contribution is 7.22. The fourth-order valence-electron chi connectivity index (χ4n) is 5.99. The monoisotopic (exact) mass is 843 g/mol. The van der Waals surface area contributed by atoms with Crippen LogP contribution >= 0.6 is 22.7 Å². The Morgan fingerprint density at radius 3 is 1.98 bits per heavy atom. The fourth-order valence-corrected chi connectivity index (χ4v) is 7.99. The van der Waals surface area contributed by atoms with Gasteiger partial charge in [-0.25, -0.2) is 19.2 Å². The van der Waals surface area contributed by atoms with Crippen LogP contribution in [-0.2, 0) is 14.2 Å². The Hall–Kier alpha value is -4.86. The second kappa shape index (κ2) is 20.4. The van der Waals surface area contributed by atoms with E-state index in [9.17, 15) is 14.3 Å². The molecule has 2 aromatic heterocycles. The number of rotatable bonds is 14. The van der Waals surface area contributed by atoms with Gasteiger partial charge in [-0.2, -0.15) is 0 Å². The summed E-state index contributed by atoms with van der Waals surface area (Å²) in [7, 11) is 3.59. The van der Waals surface area contributed by atoms with Crippen molar-refractivity contribution in [3.8, 4) is 32.6 Å². The van der Waals surface area contributed by atoms with Gasteiger partial charge in [0.05, 0.1) is 26.5 Å². The number of hydrogen-bond acceptors (Lipinski definition) is 12. The summed E-state index contributed by atoms with van der Waals surface area (Å²) in [5.41, 5.74) is 5.14. The summed E-state index contributed by atoms with van der Waals surface area (Å²) in [4.78, 5) is 23.3. The van der Waals surface area contributed by atoms with Crippen LogP contribution in [0.15, 0.2) is 84.9 Å². The van der Waals surface area contributed by atoms with E-state index < -0.39 is 18.4 Å². The van der Waals surface area contributed by atoms with E-state index in [-0.39, 0.29) is 25.1 Å². The van der Waals surface area contributed by atoms with E-state index in [1.807, 2.05) is 107 Å². The molecular formula is C45H53FN4O7S2. The Labute approximate surface area is 353 Å². The molecule has 1 aliphatic rings. The number of nitrogens with one attached hydrogen (secondary N) is 1. The van der Waals surface area contributed by atoms with E-state index >= 15 is 0 Å². The van der Waals surface area contributed by atoms with E-state index in [1.165, 1.54) is 4.90 Å². The lowest BCUT2D eigenvalue weighted by molar-refractivity contribution is -0.193. The number of nitrogens with zero attached hydrogens (tertiary/aromatic N) is 3. The Balaban J connectivity index is 0.000000219. The smallest absolute Gasteiger partial charge is 0.414 e. The van der Waals surface area contributed by atoms with Crippen LogP contribution in [0.1, 0.15) is 53.4 Å². The number of hydrogen-bond donors (Lipinski definition) is 2. The molecule has 3 heterocycles. The van der Waals surface area contributed by atoms with Crippen LogP contribution in [0.4, 0.5) is 20.6 Å². The largest absolute Gasteiger partial charge is 0.491 e. The van der Waals surface area contributed by atoms with E-state index in [2.05, 4.69) is 17.2 Å². The zero-order valence-corrected chi connectivity index (χ0v) is 36.0. The molecule has 1 amide bonds. The third-order valence-corrected chi connectivity index (χ3v) is 11.4. The SMILES string of the molecule is CC[C@H](COc1ccc2nc(-c3ccc(N(C)C(=O)OC(C)(C)C)cc3)sc2c1)OC1CCCCO1.CNc1ccc(-c2nc3ccc(OC[C@H](O)C[18F])cc3s2)cc1. The number of aromatic nitrogens is 2. The average Bonchev–Trinajstić information content (AvgIpc) is 3.88. The Kier molecular flexibility index (Phi) is 15.1. The van der Waals surface area contributed by atoms with E-state index in [0.717, 1.165) is 91.0 Å². The number of alkyl halides is 1.